The van der Waals surface area contributed by atoms with E-state index in [0.29, 0.717) is 17.8 Å². The van der Waals surface area contributed by atoms with E-state index in [1.807, 2.05) is 35.8 Å². The number of hydrogen-bond acceptors (Lipinski definition) is 3. The fraction of sp³-hybridized carbons (Fsp3) is 0.192. The first kappa shape index (κ1) is 21.6. The van der Waals surface area contributed by atoms with Gasteiger partial charge in [0.2, 0.25) is 12.4 Å². The number of halogens is 2. The van der Waals surface area contributed by atoms with Gasteiger partial charge in [-0.05, 0) is 50.1 Å². The minimum atomic E-state index is -0.903. The van der Waals surface area contributed by atoms with Gasteiger partial charge in [0.05, 0.1) is 11.9 Å². The Kier molecular flexibility index (Phi) is 5.25. The van der Waals surface area contributed by atoms with E-state index in [1.165, 1.54) is 0 Å². The standard InChI is InChI=1S/C26H21F2N5O/c1-26(11-12-26)33-23(22-10-13-31(2)30-22)16-29-25(33)32(17-34)24-20(27)14-19(15-21(24)28)9-8-18-6-4-3-5-7-18/h3-7,10,13-17H,11-12H2,1-2H3. The number of aryl methyl sites for hydroxylation is 1. The van der Waals surface area contributed by atoms with Gasteiger partial charge in [0.15, 0.2) is 11.6 Å². The van der Waals surface area contributed by atoms with E-state index in [2.05, 4.69) is 21.9 Å². The van der Waals surface area contributed by atoms with Crippen molar-refractivity contribution in [3.05, 3.63) is 83.7 Å². The normalized spacial score (nSPS) is 13.8. The third-order valence-corrected chi connectivity index (χ3v) is 5.94. The van der Waals surface area contributed by atoms with Crippen LogP contribution < -0.4 is 4.90 Å². The molecule has 0 radical (unpaired) electrons. The van der Waals surface area contributed by atoms with Gasteiger partial charge in [0.1, 0.15) is 11.4 Å². The van der Waals surface area contributed by atoms with E-state index in [0.717, 1.165) is 35.4 Å². The Morgan fingerprint density at radius 3 is 2.32 bits per heavy atom. The molecule has 8 heteroatoms. The molecule has 0 N–H and O–H groups in total. The molecule has 5 rings (SSSR count). The molecule has 0 atom stereocenters. The highest BCUT2D eigenvalue weighted by Gasteiger charge is 2.44. The molecule has 4 aromatic rings. The number of carbonyl (C=O) groups excluding carboxylic acids is 1. The summed E-state index contributed by atoms with van der Waals surface area (Å²) >= 11 is 0. The Hall–Kier alpha value is -4.25. The second kappa shape index (κ2) is 8.27. The fourth-order valence-electron chi connectivity index (χ4n) is 3.91. The first-order valence-corrected chi connectivity index (χ1v) is 10.8. The number of amides is 1. The summed E-state index contributed by atoms with van der Waals surface area (Å²) in [6, 6.07) is 13.2. The molecule has 2 aromatic heterocycles. The van der Waals surface area contributed by atoms with Crippen molar-refractivity contribution >= 4 is 18.0 Å². The van der Waals surface area contributed by atoms with Crippen molar-refractivity contribution in [3.8, 4) is 23.2 Å². The maximum Gasteiger partial charge on any atom is 0.221 e. The summed E-state index contributed by atoms with van der Waals surface area (Å²) in [4.78, 5) is 17.4. The number of anilines is 2. The largest absolute Gasteiger partial charge is 0.302 e. The minimum absolute atomic E-state index is 0.136. The van der Waals surface area contributed by atoms with Crippen LogP contribution >= 0.6 is 0 Å². The number of carbonyl (C=O) groups is 1. The molecule has 34 heavy (non-hydrogen) atoms. The molecule has 1 saturated carbocycles. The van der Waals surface area contributed by atoms with Crippen molar-refractivity contribution in [2.24, 2.45) is 7.05 Å². The Morgan fingerprint density at radius 1 is 1.06 bits per heavy atom. The van der Waals surface area contributed by atoms with Crippen LogP contribution in [0.2, 0.25) is 0 Å². The molecule has 6 nitrogen and oxygen atoms in total. The predicted molar refractivity (Wildman–Crippen MR) is 124 cm³/mol. The molecule has 1 fully saturated rings. The second-order valence-corrected chi connectivity index (χ2v) is 8.53. The van der Waals surface area contributed by atoms with Gasteiger partial charge in [-0.1, -0.05) is 30.0 Å². The van der Waals surface area contributed by atoms with Crippen LogP contribution in [0.4, 0.5) is 20.4 Å². The van der Waals surface area contributed by atoms with Gasteiger partial charge in [0.25, 0.3) is 0 Å². The maximum atomic E-state index is 15.2. The van der Waals surface area contributed by atoms with Gasteiger partial charge in [-0.2, -0.15) is 5.10 Å². The number of benzene rings is 2. The SMILES string of the molecule is Cn1ccc(-c2cnc(N(C=O)c3c(F)cc(C#Cc4ccccc4)cc3F)n2C2(C)CC2)n1. The molecule has 1 aliphatic carbocycles. The summed E-state index contributed by atoms with van der Waals surface area (Å²) in [5.74, 6) is 3.98. The fourth-order valence-corrected chi connectivity index (χ4v) is 3.91. The zero-order chi connectivity index (χ0) is 23.9. The summed E-state index contributed by atoms with van der Waals surface area (Å²) in [5.41, 5.74) is 1.41. The lowest BCUT2D eigenvalue weighted by Gasteiger charge is -2.24. The number of imidazole rings is 1. The van der Waals surface area contributed by atoms with E-state index >= 15 is 8.78 Å². The summed E-state index contributed by atoms with van der Waals surface area (Å²) in [6.45, 7) is 2.02. The van der Waals surface area contributed by atoms with E-state index < -0.39 is 17.3 Å². The van der Waals surface area contributed by atoms with E-state index in [-0.39, 0.29) is 17.1 Å². The Labute approximate surface area is 195 Å². The lowest BCUT2D eigenvalue weighted by Crippen LogP contribution is -2.25. The lowest BCUT2D eigenvalue weighted by molar-refractivity contribution is -0.107. The summed E-state index contributed by atoms with van der Waals surface area (Å²) in [7, 11) is 1.80. The van der Waals surface area contributed by atoms with Gasteiger partial charge in [-0.15, -0.1) is 0 Å². The van der Waals surface area contributed by atoms with Crippen LogP contribution in [0.15, 0.2) is 60.9 Å². The first-order chi connectivity index (χ1) is 16.4. The van der Waals surface area contributed by atoms with Crippen LogP contribution in [-0.4, -0.2) is 25.7 Å². The third kappa shape index (κ3) is 3.86. The van der Waals surface area contributed by atoms with Crippen LogP contribution in [0.5, 0.6) is 0 Å². The minimum Gasteiger partial charge on any atom is -0.302 e. The van der Waals surface area contributed by atoms with Crippen molar-refractivity contribution < 1.29 is 13.6 Å². The summed E-state index contributed by atoms with van der Waals surface area (Å²) in [6.07, 6.45) is 5.45. The zero-order valence-corrected chi connectivity index (χ0v) is 18.7. The molecule has 170 valence electrons. The summed E-state index contributed by atoms with van der Waals surface area (Å²) < 4.78 is 33.9. The smallest absolute Gasteiger partial charge is 0.221 e. The quantitative estimate of drug-likeness (QED) is 0.321. The van der Waals surface area contributed by atoms with Crippen LogP contribution in [0.25, 0.3) is 11.4 Å². The molecule has 0 bridgehead atoms. The van der Waals surface area contributed by atoms with Gasteiger partial charge in [-0.3, -0.25) is 9.48 Å². The molecular weight excluding hydrogens is 436 g/mol. The molecular formula is C26H21F2N5O. The van der Waals surface area contributed by atoms with Gasteiger partial charge in [-0.25, -0.2) is 18.7 Å². The number of hydrogen-bond donors (Lipinski definition) is 0. The lowest BCUT2D eigenvalue weighted by atomic mass is 10.1. The highest BCUT2D eigenvalue weighted by molar-refractivity contribution is 5.85. The molecule has 1 aliphatic rings. The number of nitrogens with zero attached hydrogens (tertiary/aromatic N) is 5. The zero-order valence-electron chi connectivity index (χ0n) is 18.7. The molecule has 0 saturated heterocycles. The first-order valence-electron chi connectivity index (χ1n) is 10.8. The van der Waals surface area contributed by atoms with Crippen molar-refractivity contribution in [1.82, 2.24) is 19.3 Å². The van der Waals surface area contributed by atoms with Crippen LogP contribution in [-0.2, 0) is 17.4 Å². The highest BCUT2D eigenvalue weighted by atomic mass is 19.1. The average molecular weight is 457 g/mol. The molecule has 2 heterocycles. The van der Waals surface area contributed by atoms with Crippen molar-refractivity contribution in [2.75, 3.05) is 4.90 Å². The van der Waals surface area contributed by atoms with E-state index in [9.17, 15) is 4.79 Å². The highest BCUT2D eigenvalue weighted by Crippen LogP contribution is 2.48. The van der Waals surface area contributed by atoms with E-state index in [1.54, 1.807) is 36.3 Å². The topological polar surface area (TPSA) is 56.0 Å². The number of rotatable bonds is 5. The van der Waals surface area contributed by atoms with Crippen LogP contribution in [0.3, 0.4) is 0 Å². The number of aromatic nitrogens is 4. The monoisotopic (exact) mass is 457 g/mol. The Bertz CT molecular complexity index is 1420. The maximum absolute atomic E-state index is 15.2. The summed E-state index contributed by atoms with van der Waals surface area (Å²) in [5, 5.41) is 4.43. The molecule has 0 unspecified atom stereocenters. The van der Waals surface area contributed by atoms with Crippen LogP contribution in [0, 0.1) is 23.5 Å². The Morgan fingerprint density at radius 2 is 1.74 bits per heavy atom. The molecule has 0 spiro atoms. The Balaban J connectivity index is 1.57. The van der Waals surface area contributed by atoms with Gasteiger partial charge in [0, 0.05) is 29.9 Å². The molecule has 1 amide bonds. The van der Waals surface area contributed by atoms with Gasteiger partial charge >= 0.3 is 0 Å². The molecule has 0 aliphatic heterocycles. The van der Waals surface area contributed by atoms with Crippen molar-refractivity contribution in [1.29, 1.82) is 0 Å². The van der Waals surface area contributed by atoms with Crippen LogP contribution in [0.1, 0.15) is 30.9 Å². The third-order valence-electron chi connectivity index (χ3n) is 5.94. The molecule has 2 aromatic carbocycles. The van der Waals surface area contributed by atoms with E-state index in [4.69, 9.17) is 0 Å². The van der Waals surface area contributed by atoms with Gasteiger partial charge < -0.3 is 4.57 Å². The van der Waals surface area contributed by atoms with Crippen molar-refractivity contribution in [3.63, 3.8) is 0 Å². The van der Waals surface area contributed by atoms with Crippen molar-refractivity contribution in [2.45, 2.75) is 25.3 Å². The second-order valence-electron chi connectivity index (χ2n) is 8.53. The predicted octanol–water partition coefficient (Wildman–Crippen LogP) is 4.77. The average Bonchev–Trinajstić information content (AvgIpc) is 3.20.